The summed E-state index contributed by atoms with van der Waals surface area (Å²) >= 11 is 0. The van der Waals surface area contributed by atoms with Gasteiger partial charge in [-0.1, -0.05) is 0 Å². The standard InChI is InChI=1S/C18H36N6O5.2CO2.ClH.H2S/c1-21-5-6-22(2)8-10-24(14-17(26)27)12-11-23(9-7-21)13-16(25)20-4-3-15(19)18(28)29;2*2-1-3;;/h15H,3-14,19H2,1-2H3,(H,20,25)(H,26,27)(H,28,29);;;1H;1H2/t15-;;;;/m1..../s1. The molecule has 0 aliphatic carbocycles. The topological polar surface area (TPSA) is 211 Å². The fourth-order valence-corrected chi connectivity index (χ4v) is 2.95. The van der Waals surface area contributed by atoms with E-state index in [0.29, 0.717) is 26.2 Å². The second kappa shape index (κ2) is 26.7. The van der Waals surface area contributed by atoms with Gasteiger partial charge in [0.2, 0.25) is 5.91 Å². The minimum Gasteiger partial charge on any atom is -0.480 e. The van der Waals surface area contributed by atoms with E-state index in [-0.39, 0.29) is 70.2 Å². The Balaban J connectivity index is -0.000000618. The summed E-state index contributed by atoms with van der Waals surface area (Å²) in [4.78, 5) is 74.9. The Morgan fingerprint density at radius 3 is 1.54 bits per heavy atom. The van der Waals surface area contributed by atoms with Crippen LogP contribution in [0, 0.1) is 0 Å². The summed E-state index contributed by atoms with van der Waals surface area (Å²) in [6, 6.07) is -0.992. The Morgan fingerprint density at radius 2 is 1.16 bits per heavy atom. The number of nitrogens with two attached hydrogens (primary N) is 1. The van der Waals surface area contributed by atoms with Crippen LogP contribution in [0.4, 0.5) is 0 Å². The lowest BCUT2D eigenvalue weighted by atomic mass is 10.2. The van der Waals surface area contributed by atoms with Gasteiger partial charge in [0.25, 0.3) is 0 Å². The molecule has 1 saturated heterocycles. The van der Waals surface area contributed by atoms with Crippen LogP contribution in [0.5, 0.6) is 0 Å². The van der Waals surface area contributed by atoms with Crippen LogP contribution in [0.15, 0.2) is 0 Å². The fourth-order valence-electron chi connectivity index (χ4n) is 2.95. The number of halogens is 1. The highest BCUT2D eigenvalue weighted by atomic mass is 35.5. The van der Waals surface area contributed by atoms with Crippen LogP contribution in [0.25, 0.3) is 0 Å². The minimum absolute atomic E-state index is 0. The summed E-state index contributed by atoms with van der Waals surface area (Å²) in [5.74, 6) is -2.14. The average molecular weight is 575 g/mol. The molecule has 0 aromatic rings. The van der Waals surface area contributed by atoms with E-state index < -0.39 is 18.0 Å². The first-order valence-corrected chi connectivity index (χ1v) is 10.8. The van der Waals surface area contributed by atoms with Crippen LogP contribution in [0.1, 0.15) is 6.42 Å². The number of nitrogens with one attached hydrogen (secondary N) is 1. The maximum atomic E-state index is 12.3. The highest BCUT2D eigenvalue weighted by molar-refractivity contribution is 7.59. The molecule has 37 heavy (non-hydrogen) atoms. The Bertz CT molecular complexity index is 698. The van der Waals surface area contributed by atoms with Crippen LogP contribution in [-0.4, -0.2) is 152 Å². The van der Waals surface area contributed by atoms with Crippen molar-refractivity contribution in [1.82, 2.24) is 24.9 Å². The molecule has 216 valence electrons. The molecule has 1 heterocycles. The molecule has 1 aliphatic heterocycles. The van der Waals surface area contributed by atoms with E-state index in [1.807, 2.05) is 23.9 Å². The first-order valence-electron chi connectivity index (χ1n) is 10.8. The van der Waals surface area contributed by atoms with Crippen LogP contribution in [-0.2, 0) is 33.6 Å². The van der Waals surface area contributed by atoms with E-state index >= 15 is 0 Å². The fraction of sp³-hybridized carbons (Fsp3) is 0.750. The number of carbonyl (C=O) groups is 3. The smallest absolute Gasteiger partial charge is 0.373 e. The van der Waals surface area contributed by atoms with Crippen molar-refractivity contribution in [3.05, 3.63) is 0 Å². The molecule has 0 saturated carbocycles. The predicted molar refractivity (Wildman–Crippen MR) is 136 cm³/mol. The lowest BCUT2D eigenvalue weighted by molar-refractivity contribution is -0.193. The summed E-state index contributed by atoms with van der Waals surface area (Å²) < 4.78 is 0. The van der Waals surface area contributed by atoms with Crippen LogP contribution < -0.4 is 11.1 Å². The number of carbonyl (C=O) groups excluding carboxylic acids is 5. The lowest BCUT2D eigenvalue weighted by Crippen LogP contribution is -2.48. The SMILES string of the molecule is CN1CCN(C)CCN(CC(=O)NCC[C@@H](N)C(=O)O)CCN(CC(=O)O)CC1.Cl.O=C=O.O=C=O.S. The quantitative estimate of drug-likeness (QED) is 0.225. The van der Waals surface area contributed by atoms with Gasteiger partial charge in [0, 0.05) is 58.9 Å². The first-order chi connectivity index (χ1) is 16.5. The van der Waals surface area contributed by atoms with E-state index in [1.165, 1.54) is 0 Å². The highest BCUT2D eigenvalue weighted by Crippen LogP contribution is 1.99. The van der Waals surface area contributed by atoms with Gasteiger partial charge in [-0.25, -0.2) is 0 Å². The number of rotatable bonds is 8. The number of nitrogens with zero attached hydrogens (tertiary/aromatic N) is 4. The summed E-state index contributed by atoms with van der Waals surface area (Å²) in [7, 11) is 4.08. The van der Waals surface area contributed by atoms with Crippen molar-refractivity contribution in [2.24, 2.45) is 5.73 Å². The predicted octanol–water partition coefficient (Wildman–Crippen LogP) is -3.16. The van der Waals surface area contributed by atoms with Gasteiger partial charge in [0.05, 0.1) is 13.1 Å². The molecular weight excluding hydrogens is 536 g/mol. The molecule has 0 aromatic heterocycles. The minimum atomic E-state index is -1.09. The van der Waals surface area contributed by atoms with Crippen molar-refractivity contribution in [1.29, 1.82) is 0 Å². The van der Waals surface area contributed by atoms with Crippen molar-refractivity contribution in [3.8, 4) is 0 Å². The number of hydrogen-bond acceptors (Lipinski definition) is 12. The molecule has 17 heteroatoms. The molecule has 0 radical (unpaired) electrons. The molecule has 0 bridgehead atoms. The number of amides is 1. The van der Waals surface area contributed by atoms with Crippen LogP contribution >= 0.6 is 25.9 Å². The summed E-state index contributed by atoms with van der Waals surface area (Å²) in [6.07, 6.45) is 0.670. The second-order valence-corrected chi connectivity index (χ2v) is 7.80. The van der Waals surface area contributed by atoms with E-state index in [4.69, 9.17) is 35.1 Å². The molecule has 0 unspecified atom stereocenters. The third-order valence-electron chi connectivity index (χ3n) is 5.01. The van der Waals surface area contributed by atoms with Crippen LogP contribution in [0.2, 0.25) is 0 Å². The number of hydrogen-bond donors (Lipinski definition) is 4. The zero-order valence-corrected chi connectivity index (χ0v) is 22.9. The second-order valence-electron chi connectivity index (χ2n) is 7.80. The third-order valence-corrected chi connectivity index (χ3v) is 5.01. The maximum absolute atomic E-state index is 12.3. The van der Waals surface area contributed by atoms with Crippen molar-refractivity contribution >= 4 is 56.1 Å². The molecule has 15 nitrogen and oxygen atoms in total. The monoisotopic (exact) mass is 574 g/mol. The summed E-state index contributed by atoms with van der Waals surface area (Å²) in [5, 5.41) is 20.7. The van der Waals surface area contributed by atoms with Gasteiger partial charge < -0.3 is 31.1 Å². The van der Waals surface area contributed by atoms with E-state index in [0.717, 1.165) is 26.2 Å². The van der Waals surface area contributed by atoms with Gasteiger partial charge in [0.15, 0.2) is 0 Å². The van der Waals surface area contributed by atoms with Gasteiger partial charge in [0.1, 0.15) is 6.04 Å². The lowest BCUT2D eigenvalue weighted by Gasteiger charge is -2.31. The highest BCUT2D eigenvalue weighted by Gasteiger charge is 2.18. The molecule has 5 N–H and O–H groups in total. The van der Waals surface area contributed by atoms with E-state index in [1.54, 1.807) is 0 Å². The number of carboxylic acid groups (broad SMARTS) is 2. The van der Waals surface area contributed by atoms with Gasteiger partial charge in [-0.15, -0.1) is 12.4 Å². The van der Waals surface area contributed by atoms with E-state index in [2.05, 4.69) is 15.1 Å². The summed E-state index contributed by atoms with van der Waals surface area (Å²) in [5.41, 5.74) is 5.44. The molecule has 1 aliphatic rings. The molecule has 1 rings (SSSR count). The Labute approximate surface area is 229 Å². The van der Waals surface area contributed by atoms with Crippen LogP contribution in [0.3, 0.4) is 0 Å². The largest absolute Gasteiger partial charge is 0.480 e. The van der Waals surface area contributed by atoms with Gasteiger partial charge >= 0.3 is 24.2 Å². The first kappa shape index (κ1) is 41.7. The van der Waals surface area contributed by atoms with Gasteiger partial charge in [-0.05, 0) is 20.5 Å². The number of carboxylic acids is 2. The van der Waals surface area contributed by atoms with Crippen molar-refractivity contribution < 1.29 is 43.8 Å². The van der Waals surface area contributed by atoms with Crippen molar-refractivity contribution in [2.45, 2.75) is 12.5 Å². The molecule has 0 spiro atoms. The maximum Gasteiger partial charge on any atom is 0.373 e. The Morgan fingerprint density at radius 1 is 0.811 bits per heavy atom. The molecular formula is C20H39ClN6O9S. The zero-order chi connectivity index (χ0) is 27.2. The number of likely N-dealkylation sites (N-methyl/N-ethyl adjacent to an activating group) is 2. The van der Waals surface area contributed by atoms with E-state index in [9.17, 15) is 14.4 Å². The summed E-state index contributed by atoms with van der Waals surface area (Å²) in [6.45, 7) is 6.19. The average Bonchev–Trinajstić information content (AvgIpc) is 2.77. The van der Waals surface area contributed by atoms with Crippen molar-refractivity contribution in [3.63, 3.8) is 0 Å². The third kappa shape index (κ3) is 26.5. The normalized spacial score (nSPS) is 16.4. The van der Waals surface area contributed by atoms with Crippen molar-refractivity contribution in [2.75, 3.05) is 86.1 Å². The Hall–Kier alpha value is -2.39. The molecule has 1 fully saturated rings. The van der Waals surface area contributed by atoms with Gasteiger partial charge in [-0.2, -0.15) is 32.7 Å². The zero-order valence-electron chi connectivity index (χ0n) is 21.1. The molecule has 0 aromatic carbocycles. The van der Waals surface area contributed by atoms with Gasteiger partial charge in [-0.3, -0.25) is 24.2 Å². The number of aliphatic carboxylic acids is 2. The molecule has 1 amide bonds. The Kier molecular flexibility index (Phi) is 30.1. The molecule has 1 atom stereocenters.